The van der Waals surface area contributed by atoms with Crippen molar-refractivity contribution in [2.45, 2.75) is 11.7 Å². The van der Waals surface area contributed by atoms with Gasteiger partial charge in [-0.15, -0.1) is 0 Å². The molecule has 1 saturated heterocycles. The summed E-state index contributed by atoms with van der Waals surface area (Å²) in [5.74, 6) is 1.41. The molecule has 1 atom stereocenters. The number of hydrogen-bond donors (Lipinski definition) is 0. The van der Waals surface area contributed by atoms with E-state index in [0.717, 1.165) is 25.3 Å². The zero-order valence-electron chi connectivity index (χ0n) is 11.2. The van der Waals surface area contributed by atoms with Crippen LogP contribution < -0.4 is 0 Å². The summed E-state index contributed by atoms with van der Waals surface area (Å²) in [7, 11) is 0. The summed E-state index contributed by atoms with van der Waals surface area (Å²) in [5.41, 5.74) is 1.35. The molecule has 1 aliphatic heterocycles. The van der Waals surface area contributed by atoms with Gasteiger partial charge in [-0.25, -0.2) is 0 Å². The number of hydrogen-bond acceptors (Lipinski definition) is 3. The molecular formula is C16H17NO2S. The molecule has 1 amide bonds. The summed E-state index contributed by atoms with van der Waals surface area (Å²) < 4.78 is 5.20. The van der Waals surface area contributed by atoms with Gasteiger partial charge in [0.05, 0.1) is 6.26 Å². The lowest BCUT2D eigenvalue weighted by Crippen LogP contribution is -2.32. The van der Waals surface area contributed by atoms with Gasteiger partial charge >= 0.3 is 0 Å². The Hall–Kier alpha value is -1.68. The molecule has 2 aromatic rings. The van der Waals surface area contributed by atoms with Gasteiger partial charge in [-0.1, -0.05) is 30.3 Å². The standard InChI is InChI=1S/C16H17NO2S/c18-16(14-7-4-11-19-14)17-9-8-15(20-12-10-17)13-5-2-1-3-6-13/h1-7,11,15H,8-10,12H2/t15-/m1/s1. The first-order valence-electron chi connectivity index (χ1n) is 6.84. The first-order chi connectivity index (χ1) is 9.84. The maximum atomic E-state index is 12.3. The summed E-state index contributed by atoms with van der Waals surface area (Å²) in [6.45, 7) is 1.57. The molecule has 20 heavy (non-hydrogen) atoms. The first kappa shape index (κ1) is 13.3. The van der Waals surface area contributed by atoms with E-state index in [1.165, 1.54) is 5.56 Å². The van der Waals surface area contributed by atoms with Crippen LogP contribution in [0.3, 0.4) is 0 Å². The first-order valence-corrected chi connectivity index (χ1v) is 7.89. The van der Waals surface area contributed by atoms with Crippen molar-refractivity contribution in [2.75, 3.05) is 18.8 Å². The van der Waals surface area contributed by atoms with Crippen molar-refractivity contribution in [2.24, 2.45) is 0 Å². The van der Waals surface area contributed by atoms with Gasteiger partial charge < -0.3 is 9.32 Å². The SMILES string of the molecule is O=C(c1ccco1)N1CCS[C@@H](c2ccccc2)CC1. The molecule has 4 heteroatoms. The van der Waals surface area contributed by atoms with Crippen LogP contribution in [-0.4, -0.2) is 29.6 Å². The Morgan fingerprint density at radius 3 is 2.75 bits per heavy atom. The van der Waals surface area contributed by atoms with Crippen LogP contribution in [0.4, 0.5) is 0 Å². The molecule has 0 aliphatic carbocycles. The lowest BCUT2D eigenvalue weighted by Gasteiger charge is -2.19. The van der Waals surface area contributed by atoms with Crippen LogP contribution in [-0.2, 0) is 0 Å². The fourth-order valence-corrected chi connectivity index (χ4v) is 3.70. The van der Waals surface area contributed by atoms with Gasteiger partial charge in [-0.2, -0.15) is 11.8 Å². The largest absolute Gasteiger partial charge is 0.459 e. The Kier molecular flexibility index (Phi) is 4.11. The van der Waals surface area contributed by atoms with Crippen LogP contribution in [0.5, 0.6) is 0 Å². The molecule has 3 nitrogen and oxygen atoms in total. The van der Waals surface area contributed by atoms with Crippen molar-refractivity contribution in [3.8, 4) is 0 Å². The van der Waals surface area contributed by atoms with E-state index in [4.69, 9.17) is 4.42 Å². The van der Waals surface area contributed by atoms with Crippen molar-refractivity contribution in [1.29, 1.82) is 0 Å². The minimum Gasteiger partial charge on any atom is -0.459 e. The van der Waals surface area contributed by atoms with Gasteiger partial charge in [-0.3, -0.25) is 4.79 Å². The zero-order chi connectivity index (χ0) is 13.8. The quantitative estimate of drug-likeness (QED) is 0.846. The van der Waals surface area contributed by atoms with Gasteiger partial charge in [0.15, 0.2) is 5.76 Å². The Morgan fingerprint density at radius 2 is 2.00 bits per heavy atom. The van der Waals surface area contributed by atoms with Gasteiger partial charge in [0, 0.05) is 24.1 Å². The Bertz CT molecular complexity index is 553. The highest BCUT2D eigenvalue weighted by Crippen LogP contribution is 2.34. The van der Waals surface area contributed by atoms with E-state index >= 15 is 0 Å². The summed E-state index contributed by atoms with van der Waals surface area (Å²) in [6, 6.07) is 14.0. The number of amides is 1. The lowest BCUT2D eigenvalue weighted by molar-refractivity contribution is 0.0734. The number of carbonyl (C=O) groups excluding carboxylic acids is 1. The fourth-order valence-electron chi connectivity index (χ4n) is 2.46. The third-order valence-corrected chi connectivity index (χ3v) is 4.86. The van der Waals surface area contributed by atoms with E-state index in [1.807, 2.05) is 22.7 Å². The third-order valence-electron chi connectivity index (χ3n) is 3.53. The van der Waals surface area contributed by atoms with Crippen LogP contribution in [0.25, 0.3) is 0 Å². The monoisotopic (exact) mass is 287 g/mol. The van der Waals surface area contributed by atoms with Crippen LogP contribution in [0, 0.1) is 0 Å². The lowest BCUT2D eigenvalue weighted by atomic mass is 10.1. The van der Waals surface area contributed by atoms with E-state index in [9.17, 15) is 4.79 Å². The molecule has 0 N–H and O–H groups in total. The molecule has 1 fully saturated rings. The van der Waals surface area contributed by atoms with Gasteiger partial charge in [0.1, 0.15) is 0 Å². The van der Waals surface area contributed by atoms with Gasteiger partial charge in [0.2, 0.25) is 0 Å². The van der Waals surface area contributed by atoms with Crippen molar-refractivity contribution in [3.05, 3.63) is 60.1 Å². The molecule has 0 saturated carbocycles. The number of benzene rings is 1. The molecule has 1 aromatic heterocycles. The molecular weight excluding hydrogens is 270 g/mol. The van der Waals surface area contributed by atoms with E-state index in [-0.39, 0.29) is 5.91 Å². The van der Waals surface area contributed by atoms with Gasteiger partial charge in [-0.05, 0) is 24.1 Å². The Morgan fingerprint density at radius 1 is 1.15 bits per heavy atom. The van der Waals surface area contributed by atoms with E-state index in [0.29, 0.717) is 11.0 Å². The van der Waals surface area contributed by atoms with Gasteiger partial charge in [0.25, 0.3) is 5.91 Å². The molecule has 3 rings (SSSR count). The summed E-state index contributed by atoms with van der Waals surface area (Å²) in [4.78, 5) is 14.2. The Balaban J connectivity index is 1.67. The highest BCUT2D eigenvalue weighted by Gasteiger charge is 2.23. The number of furan rings is 1. The summed E-state index contributed by atoms with van der Waals surface area (Å²) in [5, 5.41) is 0.477. The van der Waals surface area contributed by atoms with E-state index in [2.05, 4.69) is 24.3 Å². The second-order valence-corrected chi connectivity index (χ2v) is 6.14. The topological polar surface area (TPSA) is 33.5 Å². The normalized spacial score (nSPS) is 19.6. The predicted octanol–water partition coefficient (Wildman–Crippen LogP) is 3.60. The average Bonchev–Trinajstić information content (AvgIpc) is 2.92. The van der Waals surface area contributed by atoms with E-state index < -0.39 is 0 Å². The molecule has 0 spiro atoms. The average molecular weight is 287 g/mol. The molecule has 2 heterocycles. The molecule has 104 valence electrons. The molecule has 0 unspecified atom stereocenters. The maximum Gasteiger partial charge on any atom is 0.289 e. The second-order valence-electron chi connectivity index (χ2n) is 4.83. The minimum atomic E-state index is 0.00399. The van der Waals surface area contributed by atoms with Crippen molar-refractivity contribution < 1.29 is 9.21 Å². The molecule has 1 aliphatic rings. The minimum absolute atomic E-state index is 0.00399. The Labute approximate surface area is 123 Å². The zero-order valence-corrected chi connectivity index (χ0v) is 12.0. The van der Waals surface area contributed by atoms with E-state index in [1.54, 1.807) is 18.4 Å². The number of nitrogens with zero attached hydrogens (tertiary/aromatic N) is 1. The third kappa shape index (κ3) is 2.90. The second kappa shape index (κ2) is 6.18. The van der Waals surface area contributed by atoms with Crippen LogP contribution in [0.1, 0.15) is 27.8 Å². The summed E-state index contributed by atoms with van der Waals surface area (Å²) in [6.07, 6.45) is 2.54. The van der Waals surface area contributed by atoms with Crippen LogP contribution in [0.15, 0.2) is 53.1 Å². The summed E-state index contributed by atoms with van der Waals surface area (Å²) >= 11 is 1.93. The fraction of sp³-hybridized carbons (Fsp3) is 0.312. The number of rotatable bonds is 2. The smallest absolute Gasteiger partial charge is 0.289 e. The predicted molar refractivity (Wildman–Crippen MR) is 80.9 cm³/mol. The van der Waals surface area contributed by atoms with Crippen molar-refractivity contribution >= 4 is 17.7 Å². The highest BCUT2D eigenvalue weighted by molar-refractivity contribution is 7.99. The highest BCUT2D eigenvalue weighted by atomic mass is 32.2. The van der Waals surface area contributed by atoms with Crippen molar-refractivity contribution in [3.63, 3.8) is 0 Å². The molecule has 0 bridgehead atoms. The van der Waals surface area contributed by atoms with Crippen LogP contribution in [0.2, 0.25) is 0 Å². The maximum absolute atomic E-state index is 12.3. The van der Waals surface area contributed by atoms with Crippen molar-refractivity contribution in [1.82, 2.24) is 4.90 Å². The molecule has 1 aromatic carbocycles. The molecule has 0 radical (unpaired) electrons. The van der Waals surface area contributed by atoms with Crippen LogP contribution >= 0.6 is 11.8 Å². The number of thioether (sulfide) groups is 1. The number of carbonyl (C=O) groups is 1.